The minimum atomic E-state index is -1.37. The van der Waals surface area contributed by atoms with Crippen LogP contribution in [0.25, 0.3) is 0 Å². The summed E-state index contributed by atoms with van der Waals surface area (Å²) in [6, 6.07) is 21.2. The van der Waals surface area contributed by atoms with Crippen LogP contribution in [0, 0.1) is 31.6 Å². The maximum Gasteiger partial charge on any atom is 0.410 e. The number of ether oxygens (including phenoxy) is 4. The highest BCUT2D eigenvalue weighted by Crippen LogP contribution is 2.62. The summed E-state index contributed by atoms with van der Waals surface area (Å²) in [6.45, 7) is 17.1. The summed E-state index contributed by atoms with van der Waals surface area (Å²) in [7, 11) is 0. The Morgan fingerprint density at radius 3 is 2.37 bits per heavy atom. The lowest BCUT2D eigenvalue weighted by molar-refractivity contribution is -0.255. The molecule has 10 nitrogen and oxygen atoms in total. The fourth-order valence-corrected chi connectivity index (χ4v) is 9.23. The maximum atomic E-state index is 14.5. The maximum absolute atomic E-state index is 14.5. The highest BCUT2D eigenvalue weighted by atomic mass is 16.7. The first-order chi connectivity index (χ1) is 28.9. The number of unbranched alkanes of at least 4 members (excludes halogenated alkanes) is 2. The van der Waals surface area contributed by atoms with E-state index < -0.39 is 29.4 Å². The number of nitrogens with zero attached hydrogens (tertiary/aromatic N) is 2. The number of benzene rings is 3. The van der Waals surface area contributed by atoms with Gasteiger partial charge in [-0.1, -0.05) is 73.5 Å². The Labute approximate surface area is 357 Å². The second-order valence-electron chi connectivity index (χ2n) is 17.6. The number of fused-ring (bicyclic) bond motifs is 2. The van der Waals surface area contributed by atoms with Crippen LogP contribution in [0.15, 0.2) is 96.2 Å². The number of aliphatic hydroxyl groups excluding tert-OH is 2. The minimum Gasteiger partial charge on any atom is -0.459 e. The predicted molar refractivity (Wildman–Crippen MR) is 235 cm³/mol. The first kappa shape index (κ1) is 44.9. The number of hydrogen-bond donors (Lipinski definition) is 2. The Morgan fingerprint density at radius 1 is 0.967 bits per heavy atom. The van der Waals surface area contributed by atoms with Crippen molar-refractivity contribution in [2.24, 2.45) is 22.9 Å². The second-order valence-corrected chi connectivity index (χ2v) is 17.6. The zero-order valence-corrected chi connectivity index (χ0v) is 36.5. The number of hydrogen-bond acceptors (Lipinski definition) is 9. The Balaban J connectivity index is 1.57. The molecule has 10 heteroatoms. The minimum absolute atomic E-state index is 0.0865. The van der Waals surface area contributed by atoms with Gasteiger partial charge in [-0.05, 0) is 131 Å². The Kier molecular flexibility index (Phi) is 15.2. The Morgan fingerprint density at radius 2 is 1.68 bits per heavy atom. The molecule has 2 aliphatic carbocycles. The van der Waals surface area contributed by atoms with E-state index in [9.17, 15) is 15.0 Å². The molecule has 0 aromatic heterocycles. The number of carbonyl (C=O) groups excluding carboxylic acids is 1. The predicted octanol–water partition coefficient (Wildman–Crippen LogP) is 10.6. The number of rotatable bonds is 19. The summed E-state index contributed by atoms with van der Waals surface area (Å²) in [6.07, 6.45) is 9.33. The van der Waals surface area contributed by atoms with E-state index in [0.717, 1.165) is 59.4 Å². The van der Waals surface area contributed by atoms with Crippen LogP contribution >= 0.6 is 0 Å². The van der Waals surface area contributed by atoms with Crippen LogP contribution in [0.3, 0.4) is 0 Å². The SMILES string of the molecule is C=CCO[C@@]12Oc3ccc(Oc4ccc(C)c(C)c4)cc3[C@H]3[C@H](CCCCO)[C@@H](CCCCO)C=C(C(=NOC(C)(C)C)C[C@@H]1N(CCC)C(=O)OCc1ccccc1)[C@H]32. The largest absolute Gasteiger partial charge is 0.459 e. The van der Waals surface area contributed by atoms with E-state index in [4.69, 9.17) is 28.9 Å². The first-order valence-electron chi connectivity index (χ1n) is 21.9. The molecule has 0 spiro atoms. The van der Waals surface area contributed by atoms with Crippen LogP contribution in [-0.4, -0.2) is 70.7 Å². The third-order valence-electron chi connectivity index (χ3n) is 12.1. The van der Waals surface area contributed by atoms with E-state index in [1.165, 1.54) is 5.56 Å². The van der Waals surface area contributed by atoms with Crippen LogP contribution in [0.5, 0.6) is 17.2 Å². The molecular weight excluding hydrogens is 757 g/mol. The molecule has 2 N–H and O–H groups in total. The van der Waals surface area contributed by atoms with Gasteiger partial charge in [0.15, 0.2) is 0 Å². The zero-order valence-electron chi connectivity index (χ0n) is 36.5. The number of aliphatic hydroxyl groups is 2. The Bertz CT molecular complexity index is 1970. The molecule has 1 heterocycles. The molecule has 1 saturated carbocycles. The van der Waals surface area contributed by atoms with Gasteiger partial charge in [-0.25, -0.2) is 4.79 Å². The molecule has 0 radical (unpaired) electrons. The van der Waals surface area contributed by atoms with E-state index in [2.05, 4.69) is 44.7 Å². The van der Waals surface area contributed by atoms with Crippen LogP contribution < -0.4 is 9.47 Å². The fraction of sp³-hybridized carbons (Fsp3) is 0.520. The van der Waals surface area contributed by atoms with Gasteiger partial charge in [0.25, 0.3) is 0 Å². The van der Waals surface area contributed by atoms with Gasteiger partial charge >= 0.3 is 6.09 Å². The molecule has 1 fully saturated rings. The van der Waals surface area contributed by atoms with Crippen molar-refractivity contribution in [3.05, 3.63) is 113 Å². The van der Waals surface area contributed by atoms with Crippen LogP contribution in [-0.2, 0) is 20.9 Å². The summed E-state index contributed by atoms with van der Waals surface area (Å²) in [5.41, 5.74) is 5.38. The van der Waals surface area contributed by atoms with Gasteiger partial charge in [-0.2, -0.15) is 0 Å². The molecule has 6 atom stereocenters. The Hall–Kier alpha value is -4.64. The highest BCUT2D eigenvalue weighted by molar-refractivity contribution is 6.03. The van der Waals surface area contributed by atoms with Crippen LogP contribution in [0.4, 0.5) is 4.79 Å². The molecule has 0 saturated heterocycles. The van der Waals surface area contributed by atoms with Crippen molar-refractivity contribution in [2.45, 2.75) is 123 Å². The molecular formula is C50H66N2O8. The molecule has 1 aliphatic heterocycles. The summed E-state index contributed by atoms with van der Waals surface area (Å²) in [5.74, 6) is 0.322. The van der Waals surface area contributed by atoms with Crippen molar-refractivity contribution in [1.29, 1.82) is 0 Å². The van der Waals surface area contributed by atoms with Crippen molar-refractivity contribution >= 4 is 11.8 Å². The number of aryl methyl sites for hydroxylation is 2. The van der Waals surface area contributed by atoms with E-state index in [1.807, 2.05) is 76.2 Å². The quantitative estimate of drug-likeness (QED) is 0.0697. The smallest absolute Gasteiger partial charge is 0.410 e. The van der Waals surface area contributed by atoms with Gasteiger partial charge in [-0.3, -0.25) is 4.90 Å². The fourth-order valence-electron chi connectivity index (χ4n) is 9.23. The number of allylic oxidation sites excluding steroid dienone is 1. The number of amides is 1. The van der Waals surface area contributed by atoms with E-state index >= 15 is 0 Å². The summed E-state index contributed by atoms with van der Waals surface area (Å²) < 4.78 is 27.1. The van der Waals surface area contributed by atoms with Crippen molar-refractivity contribution in [3.63, 3.8) is 0 Å². The molecule has 1 amide bonds. The third kappa shape index (κ3) is 10.3. The molecule has 0 bridgehead atoms. The lowest BCUT2D eigenvalue weighted by atomic mass is 9.55. The molecule has 60 heavy (non-hydrogen) atoms. The van der Waals surface area contributed by atoms with Crippen molar-refractivity contribution < 1.29 is 38.8 Å². The van der Waals surface area contributed by atoms with Gasteiger partial charge < -0.3 is 34.0 Å². The lowest BCUT2D eigenvalue weighted by Gasteiger charge is -2.60. The topological polar surface area (TPSA) is 119 Å². The molecule has 0 unspecified atom stereocenters. The molecule has 3 aromatic rings. The van der Waals surface area contributed by atoms with Gasteiger partial charge in [0.2, 0.25) is 5.79 Å². The summed E-state index contributed by atoms with van der Waals surface area (Å²) >= 11 is 0. The molecule has 3 aliphatic rings. The van der Waals surface area contributed by atoms with E-state index in [-0.39, 0.29) is 44.2 Å². The first-order valence-corrected chi connectivity index (χ1v) is 21.9. The highest BCUT2D eigenvalue weighted by Gasteiger charge is 2.65. The standard InChI is InChI=1S/C50H66N2O8/c1-8-25-52(48(55)56-33-36-17-11-10-12-18-36)45-32-43(51-60-49(5,6)7)41-30-37(19-13-15-26-53)40(20-14-16-27-54)46-42-31-39(58-38-22-21-34(3)35(4)29-38)23-24-44(42)59-50(45,47(41)46)57-28-9-2/h9-12,17-18,21-24,29-31,37,40,45-47,53-54H,2,8,13-16,19-20,25-28,32-33H2,1,3-7H3/t37-,40+,45-,46+,47+,50+/m0/s1. The summed E-state index contributed by atoms with van der Waals surface area (Å²) in [4.78, 5) is 22.6. The zero-order chi connectivity index (χ0) is 42.9. The van der Waals surface area contributed by atoms with Crippen molar-refractivity contribution in [2.75, 3.05) is 26.4 Å². The van der Waals surface area contributed by atoms with E-state index in [1.54, 1.807) is 11.0 Å². The van der Waals surface area contributed by atoms with Gasteiger partial charge in [0.1, 0.15) is 35.5 Å². The van der Waals surface area contributed by atoms with E-state index in [0.29, 0.717) is 43.7 Å². The van der Waals surface area contributed by atoms with Gasteiger partial charge in [0.05, 0.1) is 18.2 Å². The number of carbonyl (C=O) groups is 1. The average Bonchev–Trinajstić information content (AvgIpc) is 3.23. The van der Waals surface area contributed by atoms with Crippen molar-refractivity contribution in [1.82, 2.24) is 4.90 Å². The second kappa shape index (κ2) is 20.3. The normalized spacial score (nSPS) is 23.8. The van der Waals surface area contributed by atoms with Gasteiger partial charge in [0, 0.05) is 37.7 Å². The van der Waals surface area contributed by atoms with Crippen molar-refractivity contribution in [3.8, 4) is 17.2 Å². The molecule has 3 aromatic carbocycles. The van der Waals surface area contributed by atoms with Crippen LogP contribution in [0.2, 0.25) is 0 Å². The van der Waals surface area contributed by atoms with Crippen LogP contribution in [0.1, 0.15) is 107 Å². The summed E-state index contributed by atoms with van der Waals surface area (Å²) in [5, 5.41) is 24.8. The number of oxime groups is 1. The molecule has 6 rings (SSSR count). The van der Waals surface area contributed by atoms with Gasteiger partial charge in [-0.15, -0.1) is 6.58 Å². The third-order valence-corrected chi connectivity index (χ3v) is 12.1. The monoisotopic (exact) mass is 822 g/mol. The lowest BCUT2D eigenvalue weighted by Crippen LogP contribution is -2.70. The molecule has 324 valence electrons. The average molecular weight is 823 g/mol.